The van der Waals surface area contributed by atoms with Crippen LogP contribution >= 0.6 is 11.8 Å². The van der Waals surface area contributed by atoms with Crippen molar-refractivity contribution in [2.24, 2.45) is 0 Å². The van der Waals surface area contributed by atoms with Crippen molar-refractivity contribution >= 4 is 23.4 Å². The van der Waals surface area contributed by atoms with E-state index in [-0.39, 0.29) is 5.91 Å². The van der Waals surface area contributed by atoms with Gasteiger partial charge in [-0.05, 0) is 43.8 Å². The number of nitrogens with zero attached hydrogens (tertiary/aromatic N) is 1. The SMILES string of the molecule is O=C(CN1CCCNCC1)Nc1ccccc1Sc1ccccc1. The summed E-state index contributed by atoms with van der Waals surface area (Å²) in [5.41, 5.74) is 0.879. The second-order valence-corrected chi connectivity index (χ2v) is 6.95. The first-order valence-electron chi connectivity index (χ1n) is 8.36. The molecule has 0 aromatic heterocycles. The Bertz CT molecular complexity index is 655. The van der Waals surface area contributed by atoms with Crippen molar-refractivity contribution in [1.82, 2.24) is 10.2 Å². The minimum Gasteiger partial charge on any atom is -0.324 e. The summed E-state index contributed by atoms with van der Waals surface area (Å²) < 4.78 is 0. The quantitative estimate of drug-likeness (QED) is 0.877. The number of carbonyl (C=O) groups excluding carboxylic acids is 1. The topological polar surface area (TPSA) is 44.4 Å². The maximum atomic E-state index is 12.4. The highest BCUT2D eigenvalue weighted by Gasteiger charge is 2.14. The van der Waals surface area contributed by atoms with Gasteiger partial charge in [0.1, 0.15) is 0 Å². The molecule has 2 N–H and O–H groups in total. The Hall–Kier alpha value is -1.82. The first kappa shape index (κ1) is 17.0. The Kier molecular flexibility index (Phi) is 6.29. The molecule has 0 unspecified atom stereocenters. The van der Waals surface area contributed by atoms with Gasteiger partial charge in [-0.25, -0.2) is 0 Å². The third-order valence-electron chi connectivity index (χ3n) is 3.93. The summed E-state index contributed by atoms with van der Waals surface area (Å²) in [7, 11) is 0. The highest BCUT2D eigenvalue weighted by Crippen LogP contribution is 2.33. The number of para-hydroxylation sites is 1. The Labute approximate surface area is 147 Å². The number of rotatable bonds is 5. The highest BCUT2D eigenvalue weighted by atomic mass is 32.2. The number of nitrogens with one attached hydrogen (secondary N) is 2. The van der Waals surface area contributed by atoms with Crippen LogP contribution in [0.1, 0.15) is 6.42 Å². The van der Waals surface area contributed by atoms with E-state index in [4.69, 9.17) is 0 Å². The van der Waals surface area contributed by atoms with Gasteiger partial charge in [-0.1, -0.05) is 42.1 Å². The second-order valence-electron chi connectivity index (χ2n) is 5.84. The Morgan fingerprint density at radius 3 is 2.71 bits per heavy atom. The van der Waals surface area contributed by atoms with Gasteiger partial charge >= 0.3 is 0 Å². The fraction of sp³-hybridized carbons (Fsp3) is 0.316. The average molecular weight is 341 g/mol. The van der Waals surface area contributed by atoms with Crippen molar-refractivity contribution in [2.75, 3.05) is 38.0 Å². The lowest BCUT2D eigenvalue weighted by atomic mass is 10.3. The third kappa shape index (κ3) is 5.09. The van der Waals surface area contributed by atoms with Gasteiger partial charge in [0, 0.05) is 22.9 Å². The Morgan fingerprint density at radius 1 is 1.04 bits per heavy atom. The standard InChI is InChI=1S/C19H23N3OS/c23-19(15-22-13-6-11-20-12-14-22)21-17-9-4-5-10-18(17)24-16-7-2-1-3-8-16/h1-5,7-10,20H,6,11-15H2,(H,21,23). The molecule has 1 saturated heterocycles. The largest absolute Gasteiger partial charge is 0.324 e. The van der Waals surface area contributed by atoms with Gasteiger partial charge < -0.3 is 10.6 Å². The van der Waals surface area contributed by atoms with Crippen LogP contribution < -0.4 is 10.6 Å². The fourth-order valence-corrected chi connectivity index (χ4v) is 3.65. The van der Waals surface area contributed by atoms with Gasteiger partial charge in [0.05, 0.1) is 12.2 Å². The predicted molar refractivity (Wildman–Crippen MR) is 99.6 cm³/mol. The van der Waals surface area contributed by atoms with Gasteiger partial charge in [0.15, 0.2) is 0 Å². The summed E-state index contributed by atoms with van der Waals surface area (Å²) in [4.78, 5) is 16.9. The molecule has 1 amide bonds. The molecule has 1 aliphatic heterocycles. The monoisotopic (exact) mass is 341 g/mol. The summed E-state index contributed by atoms with van der Waals surface area (Å²) in [6.07, 6.45) is 1.09. The van der Waals surface area contributed by atoms with Crippen LogP contribution in [0.5, 0.6) is 0 Å². The van der Waals surface area contributed by atoms with Crippen LogP contribution in [0.15, 0.2) is 64.4 Å². The number of hydrogen-bond donors (Lipinski definition) is 2. The highest BCUT2D eigenvalue weighted by molar-refractivity contribution is 7.99. The summed E-state index contributed by atoms with van der Waals surface area (Å²) in [5, 5.41) is 6.44. The van der Waals surface area contributed by atoms with Crippen LogP contribution in [-0.4, -0.2) is 43.5 Å². The molecule has 126 valence electrons. The van der Waals surface area contributed by atoms with Crippen molar-refractivity contribution < 1.29 is 4.79 Å². The number of amides is 1. The summed E-state index contributed by atoms with van der Waals surface area (Å²) in [5.74, 6) is 0.0537. The predicted octanol–water partition coefficient (Wildman–Crippen LogP) is 3.07. The van der Waals surface area contributed by atoms with E-state index < -0.39 is 0 Å². The van der Waals surface area contributed by atoms with Gasteiger partial charge in [-0.2, -0.15) is 0 Å². The molecule has 1 aliphatic rings. The summed E-state index contributed by atoms with van der Waals surface area (Å²) >= 11 is 1.67. The molecule has 0 radical (unpaired) electrons. The smallest absolute Gasteiger partial charge is 0.238 e. The number of hydrogen-bond acceptors (Lipinski definition) is 4. The molecule has 2 aromatic rings. The minimum atomic E-state index is 0.0537. The Balaban J connectivity index is 1.63. The van der Waals surface area contributed by atoms with Gasteiger partial charge in [-0.3, -0.25) is 9.69 Å². The zero-order chi connectivity index (χ0) is 16.6. The van der Waals surface area contributed by atoms with Crippen LogP contribution in [-0.2, 0) is 4.79 Å². The van der Waals surface area contributed by atoms with Gasteiger partial charge in [-0.15, -0.1) is 0 Å². The van der Waals surface area contributed by atoms with Crippen LogP contribution in [0.2, 0.25) is 0 Å². The van der Waals surface area contributed by atoms with E-state index in [1.165, 1.54) is 0 Å². The van der Waals surface area contributed by atoms with E-state index in [1.807, 2.05) is 42.5 Å². The first-order chi connectivity index (χ1) is 11.8. The average Bonchev–Trinajstić information content (AvgIpc) is 2.86. The molecule has 4 nitrogen and oxygen atoms in total. The van der Waals surface area contributed by atoms with Crippen molar-refractivity contribution in [3.8, 4) is 0 Å². The fourth-order valence-electron chi connectivity index (χ4n) is 2.73. The number of carbonyl (C=O) groups is 1. The molecule has 3 rings (SSSR count). The molecule has 0 spiro atoms. The molecular weight excluding hydrogens is 318 g/mol. The van der Waals surface area contributed by atoms with E-state index in [0.717, 1.165) is 48.1 Å². The minimum absolute atomic E-state index is 0.0537. The lowest BCUT2D eigenvalue weighted by molar-refractivity contribution is -0.117. The maximum Gasteiger partial charge on any atom is 0.238 e. The normalized spacial score (nSPS) is 15.7. The van der Waals surface area contributed by atoms with Crippen LogP contribution in [0.25, 0.3) is 0 Å². The van der Waals surface area contributed by atoms with Crippen molar-refractivity contribution in [3.05, 3.63) is 54.6 Å². The van der Waals surface area contributed by atoms with Crippen LogP contribution in [0, 0.1) is 0 Å². The van der Waals surface area contributed by atoms with Crippen molar-refractivity contribution in [2.45, 2.75) is 16.2 Å². The second kappa shape index (κ2) is 8.87. The molecule has 0 saturated carbocycles. The van der Waals surface area contributed by atoms with E-state index >= 15 is 0 Å². The third-order valence-corrected chi connectivity index (χ3v) is 5.02. The van der Waals surface area contributed by atoms with E-state index in [9.17, 15) is 4.79 Å². The van der Waals surface area contributed by atoms with Crippen LogP contribution in [0.4, 0.5) is 5.69 Å². The zero-order valence-corrected chi connectivity index (χ0v) is 14.5. The molecule has 0 atom stereocenters. The molecule has 5 heteroatoms. The molecule has 0 aliphatic carbocycles. The van der Waals surface area contributed by atoms with Gasteiger partial charge in [0.25, 0.3) is 0 Å². The van der Waals surface area contributed by atoms with E-state index in [0.29, 0.717) is 6.54 Å². The molecule has 0 bridgehead atoms. The Morgan fingerprint density at radius 2 is 1.83 bits per heavy atom. The van der Waals surface area contributed by atoms with Crippen LogP contribution in [0.3, 0.4) is 0 Å². The number of anilines is 1. The lowest BCUT2D eigenvalue weighted by Crippen LogP contribution is -2.35. The lowest BCUT2D eigenvalue weighted by Gasteiger charge is -2.19. The summed E-state index contributed by atoms with van der Waals surface area (Å²) in [6.45, 7) is 4.34. The molecule has 1 heterocycles. The van der Waals surface area contributed by atoms with E-state index in [1.54, 1.807) is 11.8 Å². The maximum absolute atomic E-state index is 12.4. The van der Waals surface area contributed by atoms with Crippen molar-refractivity contribution in [1.29, 1.82) is 0 Å². The molecular formula is C19H23N3OS. The first-order valence-corrected chi connectivity index (χ1v) is 9.18. The zero-order valence-electron chi connectivity index (χ0n) is 13.7. The number of benzene rings is 2. The van der Waals surface area contributed by atoms with E-state index in [2.05, 4.69) is 27.7 Å². The molecule has 24 heavy (non-hydrogen) atoms. The van der Waals surface area contributed by atoms with Gasteiger partial charge in [0.2, 0.25) is 5.91 Å². The van der Waals surface area contributed by atoms with Crippen molar-refractivity contribution in [3.63, 3.8) is 0 Å². The summed E-state index contributed by atoms with van der Waals surface area (Å²) in [6, 6.07) is 18.2. The molecule has 2 aromatic carbocycles. The molecule has 1 fully saturated rings.